The number of hydrogen-bond acceptors (Lipinski definition) is 1. The molecule has 98 valence electrons. The highest BCUT2D eigenvalue weighted by atomic mass is 79.9. The van der Waals surface area contributed by atoms with E-state index >= 15 is 0 Å². The van der Waals surface area contributed by atoms with E-state index in [4.69, 9.17) is 4.74 Å². The summed E-state index contributed by atoms with van der Waals surface area (Å²) >= 11 is 3.84. The third-order valence-corrected chi connectivity index (χ3v) is 6.26. The number of halogens is 1. The van der Waals surface area contributed by atoms with E-state index in [1.807, 2.05) is 0 Å². The van der Waals surface area contributed by atoms with Gasteiger partial charge in [-0.1, -0.05) is 34.8 Å². The third-order valence-electron chi connectivity index (χ3n) is 4.98. The van der Waals surface area contributed by atoms with Crippen LogP contribution in [0.3, 0.4) is 0 Å². The molecule has 2 heteroatoms. The van der Waals surface area contributed by atoms with Crippen molar-refractivity contribution in [2.45, 2.75) is 56.9 Å². The molecule has 2 saturated carbocycles. The third kappa shape index (κ3) is 1.89. The average molecular weight is 309 g/mol. The van der Waals surface area contributed by atoms with Gasteiger partial charge in [-0.2, -0.15) is 0 Å². The molecular formula is C16H21BrO. The molecule has 0 aliphatic heterocycles. The minimum atomic E-state index is 0.423. The Morgan fingerprint density at radius 1 is 1.17 bits per heavy atom. The number of aryl methyl sites for hydroxylation is 2. The SMILES string of the molecule is Cc1ccc(OC2CC(Br)C23CCCC3)cc1C. The van der Waals surface area contributed by atoms with Crippen LogP contribution >= 0.6 is 15.9 Å². The van der Waals surface area contributed by atoms with E-state index in [2.05, 4.69) is 48.0 Å². The first-order valence-electron chi connectivity index (χ1n) is 7.00. The minimum absolute atomic E-state index is 0.423. The van der Waals surface area contributed by atoms with Gasteiger partial charge in [-0.15, -0.1) is 0 Å². The van der Waals surface area contributed by atoms with Crippen molar-refractivity contribution in [3.8, 4) is 5.75 Å². The molecular weight excluding hydrogens is 288 g/mol. The zero-order valence-corrected chi connectivity index (χ0v) is 12.8. The lowest BCUT2D eigenvalue weighted by Gasteiger charge is -2.51. The van der Waals surface area contributed by atoms with Crippen molar-refractivity contribution in [2.75, 3.05) is 0 Å². The summed E-state index contributed by atoms with van der Waals surface area (Å²) in [6, 6.07) is 6.46. The van der Waals surface area contributed by atoms with E-state index in [0.29, 0.717) is 16.3 Å². The fourth-order valence-electron chi connectivity index (χ4n) is 3.48. The molecule has 0 aromatic heterocycles. The summed E-state index contributed by atoms with van der Waals surface area (Å²) in [5.74, 6) is 1.05. The van der Waals surface area contributed by atoms with E-state index in [-0.39, 0.29) is 0 Å². The van der Waals surface area contributed by atoms with Crippen LogP contribution in [0.4, 0.5) is 0 Å². The van der Waals surface area contributed by atoms with Gasteiger partial charge in [0.1, 0.15) is 11.9 Å². The van der Waals surface area contributed by atoms with Gasteiger partial charge in [-0.05, 0) is 56.4 Å². The van der Waals surface area contributed by atoms with Gasteiger partial charge < -0.3 is 4.74 Å². The fourth-order valence-corrected chi connectivity index (χ4v) is 4.58. The Labute approximate surface area is 118 Å². The Hall–Kier alpha value is -0.500. The Morgan fingerprint density at radius 2 is 1.89 bits per heavy atom. The van der Waals surface area contributed by atoms with Gasteiger partial charge >= 0.3 is 0 Å². The number of ether oxygens (including phenoxy) is 1. The first-order chi connectivity index (χ1) is 8.62. The van der Waals surface area contributed by atoms with Crippen LogP contribution in [0.25, 0.3) is 0 Å². The Balaban J connectivity index is 1.75. The molecule has 2 unspecified atom stereocenters. The van der Waals surface area contributed by atoms with Crippen LogP contribution in [0.1, 0.15) is 43.2 Å². The first kappa shape index (κ1) is 12.5. The molecule has 1 nitrogen and oxygen atoms in total. The number of alkyl halides is 1. The predicted molar refractivity (Wildman–Crippen MR) is 78.6 cm³/mol. The molecule has 2 atom stereocenters. The second-order valence-corrected chi connectivity index (χ2v) is 7.10. The molecule has 2 aliphatic rings. The van der Waals surface area contributed by atoms with Gasteiger partial charge in [0, 0.05) is 10.2 Å². The fraction of sp³-hybridized carbons (Fsp3) is 0.625. The highest BCUT2D eigenvalue weighted by Gasteiger charge is 2.56. The topological polar surface area (TPSA) is 9.23 Å². The zero-order valence-electron chi connectivity index (χ0n) is 11.2. The van der Waals surface area contributed by atoms with Crippen molar-refractivity contribution >= 4 is 15.9 Å². The van der Waals surface area contributed by atoms with Crippen LogP contribution < -0.4 is 4.74 Å². The molecule has 2 aliphatic carbocycles. The van der Waals surface area contributed by atoms with E-state index in [1.54, 1.807) is 0 Å². The molecule has 3 rings (SSSR count). The van der Waals surface area contributed by atoms with Crippen LogP contribution in [-0.4, -0.2) is 10.9 Å². The first-order valence-corrected chi connectivity index (χ1v) is 7.91. The van der Waals surface area contributed by atoms with Crippen molar-refractivity contribution in [1.29, 1.82) is 0 Å². The molecule has 0 saturated heterocycles. The van der Waals surface area contributed by atoms with Crippen molar-refractivity contribution in [1.82, 2.24) is 0 Å². The molecule has 0 radical (unpaired) electrons. The highest BCUT2D eigenvalue weighted by Crippen LogP contribution is 2.57. The van der Waals surface area contributed by atoms with E-state index in [0.717, 1.165) is 12.2 Å². The minimum Gasteiger partial charge on any atom is -0.490 e. The summed E-state index contributed by atoms with van der Waals surface area (Å²) in [4.78, 5) is 0.670. The molecule has 1 spiro atoms. The predicted octanol–water partition coefficient (Wildman–Crippen LogP) is 4.78. The summed E-state index contributed by atoms with van der Waals surface area (Å²) < 4.78 is 6.26. The van der Waals surface area contributed by atoms with E-state index in [1.165, 1.54) is 36.8 Å². The van der Waals surface area contributed by atoms with Crippen molar-refractivity contribution in [2.24, 2.45) is 5.41 Å². The molecule has 0 bridgehead atoms. The van der Waals surface area contributed by atoms with Crippen LogP contribution in [-0.2, 0) is 0 Å². The number of benzene rings is 1. The van der Waals surface area contributed by atoms with Crippen molar-refractivity contribution < 1.29 is 4.74 Å². The zero-order chi connectivity index (χ0) is 12.8. The van der Waals surface area contributed by atoms with Gasteiger partial charge in [0.25, 0.3) is 0 Å². The van der Waals surface area contributed by atoms with Gasteiger partial charge in [-0.25, -0.2) is 0 Å². The van der Waals surface area contributed by atoms with E-state index in [9.17, 15) is 0 Å². The van der Waals surface area contributed by atoms with Gasteiger partial charge in [-0.3, -0.25) is 0 Å². The number of hydrogen-bond donors (Lipinski definition) is 0. The maximum Gasteiger partial charge on any atom is 0.120 e. The molecule has 1 aromatic carbocycles. The van der Waals surface area contributed by atoms with Crippen LogP contribution in [0, 0.1) is 19.3 Å². The van der Waals surface area contributed by atoms with Gasteiger partial charge in [0.05, 0.1) is 0 Å². The largest absolute Gasteiger partial charge is 0.490 e. The van der Waals surface area contributed by atoms with Gasteiger partial charge in [0.2, 0.25) is 0 Å². The monoisotopic (exact) mass is 308 g/mol. The van der Waals surface area contributed by atoms with Gasteiger partial charge in [0.15, 0.2) is 0 Å². The van der Waals surface area contributed by atoms with Crippen molar-refractivity contribution in [3.05, 3.63) is 29.3 Å². The summed E-state index contributed by atoms with van der Waals surface area (Å²) in [5, 5.41) is 0. The summed E-state index contributed by atoms with van der Waals surface area (Å²) in [6.45, 7) is 4.30. The maximum atomic E-state index is 6.26. The second kappa shape index (κ2) is 4.56. The Bertz CT molecular complexity index is 448. The smallest absolute Gasteiger partial charge is 0.120 e. The summed E-state index contributed by atoms with van der Waals surface area (Å²) in [7, 11) is 0. The van der Waals surface area contributed by atoms with Crippen LogP contribution in [0.2, 0.25) is 0 Å². The Morgan fingerprint density at radius 3 is 2.50 bits per heavy atom. The standard InChI is InChI=1S/C16H21BrO/c1-11-5-6-13(9-12(11)2)18-15-10-14(17)16(15)7-3-4-8-16/h5-6,9,14-15H,3-4,7-8,10H2,1-2H3. The molecule has 0 amide bonds. The van der Waals surface area contributed by atoms with Crippen LogP contribution in [0.15, 0.2) is 18.2 Å². The molecule has 1 aromatic rings. The van der Waals surface area contributed by atoms with Crippen LogP contribution in [0.5, 0.6) is 5.75 Å². The maximum absolute atomic E-state index is 6.26. The summed E-state index contributed by atoms with van der Waals surface area (Å²) in [6.07, 6.45) is 6.99. The molecule has 0 N–H and O–H groups in total. The molecule has 18 heavy (non-hydrogen) atoms. The van der Waals surface area contributed by atoms with E-state index < -0.39 is 0 Å². The quantitative estimate of drug-likeness (QED) is 0.715. The normalized spacial score (nSPS) is 29.3. The molecule has 0 heterocycles. The average Bonchev–Trinajstić information content (AvgIpc) is 2.85. The molecule has 2 fully saturated rings. The lowest BCUT2D eigenvalue weighted by molar-refractivity contribution is -0.0304. The number of rotatable bonds is 2. The Kier molecular flexibility index (Phi) is 3.17. The highest BCUT2D eigenvalue weighted by molar-refractivity contribution is 9.09. The lowest BCUT2D eigenvalue weighted by Crippen LogP contribution is -2.55. The summed E-state index contributed by atoms with van der Waals surface area (Å²) in [5.41, 5.74) is 3.09. The lowest BCUT2D eigenvalue weighted by atomic mass is 9.64. The van der Waals surface area contributed by atoms with Crippen molar-refractivity contribution in [3.63, 3.8) is 0 Å². The second-order valence-electron chi connectivity index (χ2n) is 6.00.